The molecule has 1 aromatic rings. The number of rotatable bonds is 2. The van der Waals surface area contributed by atoms with Crippen LogP contribution in [0, 0.1) is 19.8 Å². The summed E-state index contributed by atoms with van der Waals surface area (Å²) in [6, 6.07) is 4.27. The van der Waals surface area contributed by atoms with Crippen LogP contribution >= 0.6 is 0 Å². The number of carbonyl (C=O) groups is 1. The third-order valence-corrected chi connectivity index (χ3v) is 4.46. The lowest BCUT2D eigenvalue weighted by atomic mass is 9.98. The number of aryl methyl sites for hydroxylation is 2. The van der Waals surface area contributed by atoms with E-state index >= 15 is 0 Å². The van der Waals surface area contributed by atoms with Crippen molar-refractivity contribution in [3.63, 3.8) is 0 Å². The molecular weight excluding hydrogens is 236 g/mol. The number of anilines is 1. The Labute approximate surface area is 115 Å². The van der Waals surface area contributed by atoms with E-state index in [1.807, 2.05) is 4.90 Å². The molecule has 1 fully saturated rings. The molecule has 1 amide bonds. The fourth-order valence-corrected chi connectivity index (χ4v) is 3.36. The molecule has 0 radical (unpaired) electrons. The normalized spacial score (nSPS) is 22.7. The third kappa shape index (κ3) is 2.27. The molecule has 19 heavy (non-hydrogen) atoms. The van der Waals surface area contributed by atoms with E-state index < -0.39 is 0 Å². The summed E-state index contributed by atoms with van der Waals surface area (Å²) < 4.78 is 0. The lowest BCUT2D eigenvalue weighted by molar-refractivity contribution is -0.117. The highest BCUT2D eigenvalue weighted by atomic mass is 16.2. The van der Waals surface area contributed by atoms with Crippen molar-refractivity contribution < 1.29 is 4.79 Å². The van der Waals surface area contributed by atoms with E-state index in [0.29, 0.717) is 12.3 Å². The van der Waals surface area contributed by atoms with Crippen molar-refractivity contribution in [2.75, 3.05) is 24.5 Å². The van der Waals surface area contributed by atoms with Crippen LogP contribution in [-0.4, -0.2) is 25.5 Å². The molecule has 0 spiro atoms. The number of piperidine rings is 1. The predicted molar refractivity (Wildman–Crippen MR) is 77.6 cm³/mol. The maximum absolute atomic E-state index is 12.3. The van der Waals surface area contributed by atoms with Crippen LogP contribution in [0.25, 0.3) is 0 Å². The molecule has 0 saturated carbocycles. The molecule has 1 N–H and O–H groups in total. The molecule has 1 saturated heterocycles. The van der Waals surface area contributed by atoms with Crippen molar-refractivity contribution in [1.29, 1.82) is 0 Å². The third-order valence-electron chi connectivity index (χ3n) is 4.46. The quantitative estimate of drug-likeness (QED) is 0.882. The zero-order valence-electron chi connectivity index (χ0n) is 11.8. The van der Waals surface area contributed by atoms with Crippen LogP contribution < -0.4 is 10.2 Å². The van der Waals surface area contributed by atoms with Crippen LogP contribution in [0.5, 0.6) is 0 Å². The second-order valence-corrected chi connectivity index (χ2v) is 5.92. The minimum atomic E-state index is 0.276. The number of nitrogens with zero attached hydrogens (tertiary/aromatic N) is 1. The van der Waals surface area contributed by atoms with Gasteiger partial charge in [-0.05, 0) is 62.4 Å². The first-order valence-corrected chi connectivity index (χ1v) is 7.27. The van der Waals surface area contributed by atoms with E-state index in [0.717, 1.165) is 19.6 Å². The zero-order chi connectivity index (χ0) is 13.4. The van der Waals surface area contributed by atoms with Gasteiger partial charge in [0.05, 0.1) is 12.1 Å². The first-order chi connectivity index (χ1) is 9.16. The second-order valence-electron chi connectivity index (χ2n) is 5.92. The lowest BCUT2D eigenvalue weighted by Crippen LogP contribution is -2.39. The Kier molecular flexibility index (Phi) is 3.31. The fourth-order valence-electron chi connectivity index (χ4n) is 3.36. The molecule has 2 aliphatic rings. The van der Waals surface area contributed by atoms with E-state index in [4.69, 9.17) is 0 Å². The van der Waals surface area contributed by atoms with Crippen LogP contribution in [0.15, 0.2) is 12.1 Å². The molecule has 1 atom stereocenters. The topological polar surface area (TPSA) is 32.3 Å². The SMILES string of the molecule is Cc1ccc(C)c2c1CC(=O)N2CC1CCCNC1. The Morgan fingerprint density at radius 2 is 2.11 bits per heavy atom. The van der Waals surface area contributed by atoms with Crippen molar-refractivity contribution >= 4 is 11.6 Å². The summed E-state index contributed by atoms with van der Waals surface area (Å²) in [6.07, 6.45) is 3.05. The molecule has 0 aliphatic carbocycles. The molecule has 1 unspecified atom stereocenters. The van der Waals surface area contributed by atoms with Crippen molar-refractivity contribution in [1.82, 2.24) is 5.32 Å². The summed E-state index contributed by atoms with van der Waals surface area (Å²) in [5.74, 6) is 0.876. The Bertz CT molecular complexity index is 504. The van der Waals surface area contributed by atoms with Gasteiger partial charge in [0.15, 0.2) is 0 Å². The van der Waals surface area contributed by atoms with Crippen LogP contribution in [0.2, 0.25) is 0 Å². The standard InChI is InChI=1S/C16H22N2O/c1-11-5-6-12(2)16-14(11)8-15(19)18(16)10-13-4-3-7-17-9-13/h5-6,13,17H,3-4,7-10H2,1-2H3. The summed E-state index contributed by atoms with van der Waals surface area (Å²) in [4.78, 5) is 14.4. The number of benzene rings is 1. The van der Waals surface area contributed by atoms with Gasteiger partial charge in [0, 0.05) is 6.54 Å². The highest BCUT2D eigenvalue weighted by Crippen LogP contribution is 2.35. The average Bonchev–Trinajstić information content (AvgIpc) is 2.74. The van der Waals surface area contributed by atoms with Gasteiger partial charge in [0.1, 0.15) is 0 Å². The zero-order valence-corrected chi connectivity index (χ0v) is 11.8. The molecule has 1 aromatic carbocycles. The van der Waals surface area contributed by atoms with Gasteiger partial charge in [-0.3, -0.25) is 4.79 Å². The Morgan fingerprint density at radius 3 is 2.84 bits per heavy atom. The molecular formula is C16H22N2O. The largest absolute Gasteiger partial charge is 0.316 e. The van der Waals surface area contributed by atoms with E-state index in [9.17, 15) is 4.79 Å². The van der Waals surface area contributed by atoms with Gasteiger partial charge in [0.25, 0.3) is 0 Å². The molecule has 3 rings (SSSR count). The van der Waals surface area contributed by atoms with Gasteiger partial charge in [-0.25, -0.2) is 0 Å². The molecule has 2 heterocycles. The molecule has 102 valence electrons. The summed E-state index contributed by atoms with van der Waals surface area (Å²) >= 11 is 0. The lowest BCUT2D eigenvalue weighted by Gasteiger charge is -2.28. The minimum Gasteiger partial charge on any atom is -0.316 e. The molecule has 0 aromatic heterocycles. The molecule has 3 heteroatoms. The van der Waals surface area contributed by atoms with Gasteiger partial charge in [-0.2, -0.15) is 0 Å². The van der Waals surface area contributed by atoms with Gasteiger partial charge in [-0.15, -0.1) is 0 Å². The number of nitrogens with one attached hydrogen (secondary N) is 1. The van der Waals surface area contributed by atoms with Crippen molar-refractivity contribution in [2.24, 2.45) is 5.92 Å². The predicted octanol–water partition coefficient (Wildman–Crippen LogP) is 2.19. The maximum atomic E-state index is 12.3. The van der Waals surface area contributed by atoms with Crippen molar-refractivity contribution in [3.8, 4) is 0 Å². The smallest absolute Gasteiger partial charge is 0.231 e. The highest BCUT2D eigenvalue weighted by molar-refractivity contribution is 6.02. The van der Waals surface area contributed by atoms with Gasteiger partial charge >= 0.3 is 0 Å². The minimum absolute atomic E-state index is 0.276. The van der Waals surface area contributed by atoms with Gasteiger partial charge in [0.2, 0.25) is 5.91 Å². The molecule has 3 nitrogen and oxygen atoms in total. The summed E-state index contributed by atoms with van der Waals surface area (Å²) in [7, 11) is 0. The maximum Gasteiger partial charge on any atom is 0.231 e. The van der Waals surface area contributed by atoms with E-state index in [2.05, 4.69) is 31.3 Å². The summed E-state index contributed by atoms with van der Waals surface area (Å²) in [5, 5.41) is 3.44. The van der Waals surface area contributed by atoms with E-state index in [-0.39, 0.29) is 5.91 Å². The second kappa shape index (κ2) is 4.97. The first-order valence-electron chi connectivity index (χ1n) is 7.27. The monoisotopic (exact) mass is 258 g/mol. The van der Waals surface area contributed by atoms with Gasteiger partial charge in [-0.1, -0.05) is 12.1 Å². The van der Waals surface area contributed by atoms with E-state index in [1.165, 1.54) is 35.2 Å². The Hall–Kier alpha value is -1.35. The molecule has 2 aliphatic heterocycles. The summed E-state index contributed by atoms with van der Waals surface area (Å²) in [5.41, 5.74) is 4.91. The molecule has 0 bridgehead atoms. The number of amides is 1. The fraction of sp³-hybridized carbons (Fsp3) is 0.562. The first kappa shape index (κ1) is 12.7. The highest BCUT2D eigenvalue weighted by Gasteiger charge is 2.31. The number of hydrogen-bond donors (Lipinski definition) is 1. The number of hydrogen-bond acceptors (Lipinski definition) is 2. The average molecular weight is 258 g/mol. The van der Waals surface area contributed by atoms with Crippen LogP contribution in [-0.2, 0) is 11.2 Å². The van der Waals surface area contributed by atoms with Crippen molar-refractivity contribution in [3.05, 3.63) is 28.8 Å². The Morgan fingerprint density at radius 1 is 1.32 bits per heavy atom. The van der Waals surface area contributed by atoms with Crippen LogP contribution in [0.4, 0.5) is 5.69 Å². The number of fused-ring (bicyclic) bond motifs is 1. The van der Waals surface area contributed by atoms with Crippen LogP contribution in [0.1, 0.15) is 29.5 Å². The van der Waals surface area contributed by atoms with Gasteiger partial charge < -0.3 is 10.2 Å². The number of carbonyl (C=O) groups excluding carboxylic acids is 1. The summed E-state index contributed by atoms with van der Waals surface area (Å²) in [6.45, 7) is 7.27. The Balaban J connectivity index is 1.87. The van der Waals surface area contributed by atoms with Crippen LogP contribution in [0.3, 0.4) is 0 Å². The van der Waals surface area contributed by atoms with Crippen molar-refractivity contribution in [2.45, 2.75) is 33.1 Å². The van der Waals surface area contributed by atoms with E-state index in [1.54, 1.807) is 0 Å².